The molecule has 1 rings (SSSR count). The van der Waals surface area contributed by atoms with Gasteiger partial charge in [0.05, 0.1) is 7.11 Å². The van der Waals surface area contributed by atoms with Gasteiger partial charge in [-0.3, -0.25) is 0 Å². The van der Waals surface area contributed by atoms with Crippen LogP contribution in [0.1, 0.15) is 0 Å². The molecule has 6 heteroatoms. The van der Waals surface area contributed by atoms with Gasteiger partial charge in [-0.25, -0.2) is 4.39 Å². The second kappa shape index (κ2) is 3.87. The molecule has 0 saturated heterocycles. The first-order valence-electron chi connectivity index (χ1n) is 3.21. The highest BCUT2D eigenvalue weighted by atomic mass is 79.9. The second-order valence-electron chi connectivity index (χ2n) is 2.17. The minimum Gasteiger partial charge on any atom is -0.491 e. The average Bonchev–Trinajstić information content (AvgIpc) is 2.02. The van der Waals surface area contributed by atoms with E-state index in [1.807, 2.05) is 0 Å². The minimum absolute atomic E-state index is 0.223. The van der Waals surface area contributed by atoms with Crippen LogP contribution in [0.4, 0.5) is 19.0 Å². The Morgan fingerprint density at radius 2 is 2.00 bits per heavy atom. The number of ether oxygens (including phenoxy) is 1. The fourth-order valence-electron chi connectivity index (χ4n) is 0.874. The van der Waals surface area contributed by atoms with Gasteiger partial charge in [0.25, 0.3) is 0 Å². The van der Waals surface area contributed by atoms with E-state index in [1.54, 1.807) is 0 Å². The highest BCUT2D eigenvalue weighted by Gasteiger charge is 2.16. The molecule has 0 radical (unpaired) electrons. The Balaban J connectivity index is 3.29. The Morgan fingerprint density at radius 1 is 1.38 bits per heavy atom. The van der Waals surface area contributed by atoms with Gasteiger partial charge in [0.1, 0.15) is 0 Å². The van der Waals surface area contributed by atoms with Crippen molar-refractivity contribution < 1.29 is 18.1 Å². The van der Waals surface area contributed by atoms with Crippen molar-refractivity contribution in [2.75, 3.05) is 12.5 Å². The van der Waals surface area contributed by atoms with E-state index in [9.17, 15) is 13.4 Å². The minimum atomic E-state index is -1.20. The van der Waals surface area contributed by atoms with Gasteiger partial charge in [-0.1, -0.05) is 24.9 Å². The quantitative estimate of drug-likeness (QED) is 0.753. The molecule has 0 spiro atoms. The second-order valence-corrected chi connectivity index (χ2v) is 3.09. The number of rotatable bonds is 2. The molecule has 13 heavy (non-hydrogen) atoms. The number of methoxy groups -OCH3 is 1. The highest BCUT2D eigenvalue weighted by Crippen LogP contribution is 2.34. The van der Waals surface area contributed by atoms with E-state index in [2.05, 4.69) is 20.7 Å². The molecule has 0 aliphatic carbocycles. The molecule has 0 amide bonds. The fourth-order valence-corrected chi connectivity index (χ4v) is 1.29. The Bertz CT molecular complexity index is 319. The van der Waals surface area contributed by atoms with Crippen molar-refractivity contribution in [2.45, 2.75) is 0 Å². The smallest absolute Gasteiger partial charge is 0.183 e. The van der Waals surface area contributed by atoms with Crippen LogP contribution in [0.25, 0.3) is 0 Å². The third-order valence-corrected chi connectivity index (χ3v) is 1.83. The Kier molecular flexibility index (Phi) is 3.02. The number of hydrogen-bond donors (Lipinski definition) is 0. The third kappa shape index (κ3) is 2.06. The molecule has 0 unspecified atom stereocenters. The van der Waals surface area contributed by atoms with Crippen LogP contribution in [-0.4, -0.2) is 7.11 Å². The zero-order valence-electron chi connectivity index (χ0n) is 6.52. The normalized spacial score (nSPS) is 9.92. The fraction of sp³-hybridized carbons (Fsp3) is 0.143. The Morgan fingerprint density at radius 3 is 2.46 bits per heavy atom. The number of anilines is 1. The van der Waals surface area contributed by atoms with Crippen molar-refractivity contribution in [1.82, 2.24) is 0 Å². The van der Waals surface area contributed by atoms with Gasteiger partial charge < -0.3 is 4.74 Å². The van der Waals surface area contributed by atoms with Crippen molar-refractivity contribution in [1.29, 1.82) is 0 Å². The zero-order valence-corrected chi connectivity index (χ0v) is 8.11. The van der Waals surface area contributed by atoms with Crippen LogP contribution in [0.2, 0.25) is 0 Å². The summed E-state index contributed by atoms with van der Waals surface area (Å²) in [5, 5.41) is -1.20. The monoisotopic (exact) mass is 255 g/mol. The van der Waals surface area contributed by atoms with E-state index in [0.29, 0.717) is 0 Å². The van der Waals surface area contributed by atoms with Gasteiger partial charge in [0.15, 0.2) is 17.3 Å². The summed E-state index contributed by atoms with van der Waals surface area (Å²) < 4.78 is 41.9. The first-order valence-corrected chi connectivity index (χ1v) is 4.00. The number of hydrogen-bond acceptors (Lipinski definition) is 2. The van der Waals surface area contributed by atoms with Gasteiger partial charge >= 0.3 is 0 Å². The number of nitrogens with zero attached hydrogens (tertiary/aromatic N) is 1. The lowest BCUT2D eigenvalue weighted by molar-refractivity contribution is 0.229. The molecule has 2 nitrogen and oxygen atoms in total. The van der Waals surface area contributed by atoms with Crippen molar-refractivity contribution in [3.63, 3.8) is 0 Å². The topological polar surface area (TPSA) is 12.5 Å². The Hall–Kier alpha value is -0.910. The molecular weight excluding hydrogens is 251 g/mol. The van der Waals surface area contributed by atoms with Crippen molar-refractivity contribution in [3.8, 4) is 5.75 Å². The van der Waals surface area contributed by atoms with Crippen molar-refractivity contribution in [2.24, 2.45) is 0 Å². The molecule has 0 saturated carbocycles. The molecule has 0 bridgehead atoms. The first-order chi connectivity index (χ1) is 6.06. The molecule has 72 valence electrons. The molecule has 0 heterocycles. The number of benzene rings is 1. The SMILES string of the molecule is COc1c(F)cc(Br)cc1N(F)F. The standard InChI is InChI=1S/C7H5BrF3NO/c1-13-7-5(9)2-4(8)3-6(7)12(10)11/h2-3H,1H3. The molecule has 0 N–H and O–H groups in total. The number of halogens is 4. The van der Waals surface area contributed by atoms with Gasteiger partial charge in [-0.05, 0) is 17.5 Å². The summed E-state index contributed by atoms with van der Waals surface area (Å²) in [6, 6.07) is 2.10. The van der Waals surface area contributed by atoms with Crippen LogP contribution in [0, 0.1) is 5.82 Å². The largest absolute Gasteiger partial charge is 0.491 e. The molecular formula is C7H5BrF3NO. The van der Waals surface area contributed by atoms with Crippen molar-refractivity contribution >= 4 is 21.6 Å². The summed E-state index contributed by atoms with van der Waals surface area (Å²) in [6.45, 7) is 0. The predicted molar refractivity (Wildman–Crippen MR) is 45.3 cm³/mol. The lowest BCUT2D eigenvalue weighted by Crippen LogP contribution is -2.01. The lowest BCUT2D eigenvalue weighted by Gasteiger charge is -2.09. The van der Waals surface area contributed by atoms with Crippen molar-refractivity contribution in [3.05, 3.63) is 22.4 Å². The predicted octanol–water partition coefficient (Wildman–Crippen LogP) is 3.17. The first kappa shape index (κ1) is 10.2. The molecule has 0 aliphatic heterocycles. The van der Waals surface area contributed by atoms with Crippen LogP contribution in [0.5, 0.6) is 5.75 Å². The van der Waals surface area contributed by atoms with Crippen LogP contribution in [0.3, 0.4) is 0 Å². The van der Waals surface area contributed by atoms with E-state index in [1.165, 1.54) is 0 Å². The van der Waals surface area contributed by atoms with E-state index in [-0.39, 0.29) is 4.47 Å². The van der Waals surface area contributed by atoms with Gasteiger partial charge in [-0.15, -0.1) is 0 Å². The van der Waals surface area contributed by atoms with Gasteiger partial charge in [-0.2, -0.15) is 0 Å². The third-order valence-electron chi connectivity index (χ3n) is 1.38. The summed E-state index contributed by atoms with van der Waals surface area (Å²) in [5.74, 6) is -1.32. The maximum atomic E-state index is 13.0. The van der Waals surface area contributed by atoms with Gasteiger partial charge in [0.2, 0.25) is 0 Å². The maximum Gasteiger partial charge on any atom is 0.183 e. The van der Waals surface area contributed by atoms with Crippen LogP contribution >= 0.6 is 15.9 Å². The van der Waals surface area contributed by atoms with E-state index in [0.717, 1.165) is 19.2 Å². The zero-order chi connectivity index (χ0) is 10.0. The summed E-state index contributed by atoms with van der Waals surface area (Å²) in [5.41, 5.74) is -0.616. The average molecular weight is 256 g/mol. The van der Waals surface area contributed by atoms with E-state index in [4.69, 9.17) is 0 Å². The van der Waals surface area contributed by atoms with Gasteiger partial charge in [0, 0.05) is 4.47 Å². The van der Waals surface area contributed by atoms with E-state index < -0.39 is 22.6 Å². The molecule has 1 aromatic rings. The lowest BCUT2D eigenvalue weighted by atomic mass is 10.3. The Labute approximate surface area is 80.9 Å². The summed E-state index contributed by atoms with van der Waals surface area (Å²) in [6.07, 6.45) is 0. The summed E-state index contributed by atoms with van der Waals surface area (Å²) >= 11 is 2.89. The molecule has 0 aromatic heterocycles. The highest BCUT2D eigenvalue weighted by molar-refractivity contribution is 9.10. The maximum absolute atomic E-state index is 13.0. The summed E-state index contributed by atoms with van der Waals surface area (Å²) in [7, 11) is 1.12. The van der Waals surface area contributed by atoms with E-state index >= 15 is 0 Å². The van der Waals surface area contributed by atoms with Crippen LogP contribution in [-0.2, 0) is 0 Å². The van der Waals surface area contributed by atoms with Crippen LogP contribution < -0.4 is 10.1 Å². The molecule has 1 aromatic carbocycles. The molecule has 0 atom stereocenters. The molecule has 0 aliphatic rings. The summed E-state index contributed by atoms with van der Waals surface area (Å²) in [4.78, 5) is 0. The molecule has 0 fully saturated rings. The van der Waals surface area contributed by atoms with Crippen LogP contribution in [0.15, 0.2) is 16.6 Å².